The molecule has 0 aliphatic heterocycles. The van der Waals surface area contributed by atoms with E-state index < -0.39 is 13.5 Å². The van der Waals surface area contributed by atoms with Crippen LogP contribution in [0.3, 0.4) is 0 Å². The topological polar surface area (TPSA) is 9.23 Å². The van der Waals surface area contributed by atoms with E-state index in [4.69, 9.17) is 0 Å². The van der Waals surface area contributed by atoms with Crippen molar-refractivity contribution in [1.29, 1.82) is 0 Å². The van der Waals surface area contributed by atoms with Gasteiger partial charge in [0.2, 0.25) is 0 Å². The van der Waals surface area contributed by atoms with Gasteiger partial charge in [0.05, 0.1) is 6.51 Å². The Labute approximate surface area is 117 Å². The fourth-order valence-electron chi connectivity index (χ4n) is 0.707. The van der Waals surface area contributed by atoms with Gasteiger partial charge in [0, 0.05) is 0 Å². The molecule has 0 atom stereocenters. The van der Waals surface area contributed by atoms with Crippen LogP contribution < -0.4 is 56.1 Å². The average molecular weight is 214 g/mol. The number of hydrogen-bond acceptors (Lipinski definition) is 1. The second-order valence-electron chi connectivity index (χ2n) is 2.33. The van der Waals surface area contributed by atoms with Crippen molar-refractivity contribution in [3.8, 4) is 5.75 Å². The van der Waals surface area contributed by atoms with Crippen LogP contribution in [0.5, 0.6) is 5.75 Å². The molecule has 1 aromatic rings. The van der Waals surface area contributed by atoms with Gasteiger partial charge in [0.25, 0.3) is 0 Å². The van der Waals surface area contributed by atoms with E-state index in [9.17, 15) is 12.9 Å². The third-order valence-corrected chi connectivity index (χ3v) is 1.18. The number of benzene rings is 1. The van der Waals surface area contributed by atoms with E-state index in [2.05, 4.69) is 4.74 Å². The third-order valence-electron chi connectivity index (χ3n) is 1.18. The van der Waals surface area contributed by atoms with Gasteiger partial charge in [-0.1, -0.05) is 18.2 Å². The summed E-state index contributed by atoms with van der Waals surface area (Å²) in [6, 6.07) is 7.94. The maximum absolute atomic E-state index is 11.7. The summed E-state index contributed by atoms with van der Waals surface area (Å²) in [4.78, 5) is 0. The van der Waals surface area contributed by atoms with Crippen molar-refractivity contribution in [3.63, 3.8) is 0 Å². The molecule has 0 N–H and O–H groups in total. The molecule has 0 saturated heterocycles. The predicted molar refractivity (Wildman–Crippen MR) is 41.0 cm³/mol. The first-order chi connectivity index (χ1) is 5.58. The standard InChI is InChI=1S/C7H7BF3O.K/c9-8(10,11)6-12-7-4-2-1-3-5-7;/h1-5H,6H2;/q-1;+1. The van der Waals surface area contributed by atoms with E-state index in [1.807, 2.05) is 0 Å². The fourth-order valence-corrected chi connectivity index (χ4v) is 0.707. The molecule has 0 aliphatic rings. The zero-order chi connectivity index (χ0) is 9.03. The van der Waals surface area contributed by atoms with Crippen LogP contribution in [0.1, 0.15) is 0 Å². The van der Waals surface area contributed by atoms with Crippen molar-refractivity contribution in [2.75, 3.05) is 6.51 Å². The second-order valence-corrected chi connectivity index (χ2v) is 2.33. The summed E-state index contributed by atoms with van der Waals surface area (Å²) in [7, 11) is 0. The Bertz CT molecular complexity index is 239. The maximum atomic E-state index is 11.7. The Balaban J connectivity index is 0.00000144. The van der Waals surface area contributed by atoms with Gasteiger partial charge in [-0.3, -0.25) is 0 Å². The molecule has 6 heteroatoms. The smallest absolute Gasteiger partial charge is 0.522 e. The molecule has 66 valence electrons. The minimum Gasteiger partial charge on any atom is -0.522 e. The van der Waals surface area contributed by atoms with Crippen molar-refractivity contribution in [1.82, 2.24) is 0 Å². The molecule has 1 aromatic carbocycles. The molecule has 0 saturated carbocycles. The van der Waals surface area contributed by atoms with Crippen LogP contribution >= 0.6 is 0 Å². The summed E-state index contributed by atoms with van der Waals surface area (Å²) in [6.07, 6.45) is 0. The number of rotatable bonds is 3. The van der Waals surface area contributed by atoms with Gasteiger partial charge in [-0.05, 0) is 12.1 Å². The van der Waals surface area contributed by atoms with E-state index in [1.54, 1.807) is 18.2 Å². The van der Waals surface area contributed by atoms with E-state index in [0.29, 0.717) is 0 Å². The Kier molecular flexibility index (Phi) is 6.32. The Morgan fingerprint density at radius 1 is 1.08 bits per heavy atom. The van der Waals surface area contributed by atoms with Crippen molar-refractivity contribution >= 4 is 6.98 Å². The van der Waals surface area contributed by atoms with E-state index >= 15 is 0 Å². The second kappa shape index (κ2) is 6.08. The molecule has 0 aliphatic carbocycles. The van der Waals surface area contributed by atoms with Crippen molar-refractivity contribution < 1.29 is 69.1 Å². The third kappa shape index (κ3) is 6.56. The van der Waals surface area contributed by atoms with Gasteiger partial charge >= 0.3 is 58.4 Å². The van der Waals surface area contributed by atoms with Crippen molar-refractivity contribution in [2.24, 2.45) is 0 Å². The largest absolute Gasteiger partial charge is 1.00 e. The number of ether oxygens (including phenoxy) is 1. The normalized spacial score (nSPS) is 10.4. The first kappa shape index (κ1) is 13.5. The zero-order valence-corrected chi connectivity index (χ0v) is 10.3. The molecular formula is C7H7BF3KO. The van der Waals surface area contributed by atoms with Crippen LogP contribution in [0, 0.1) is 0 Å². The summed E-state index contributed by atoms with van der Waals surface area (Å²) in [5, 5.41) is 0. The van der Waals surface area contributed by atoms with Gasteiger partial charge in [0.1, 0.15) is 5.75 Å². The SMILES string of the molecule is F[B-](F)(F)COc1ccccc1.[K+]. The Hall–Kier alpha value is 0.511. The van der Waals surface area contributed by atoms with Crippen LogP contribution in [0.4, 0.5) is 12.9 Å². The molecule has 0 amide bonds. The van der Waals surface area contributed by atoms with Gasteiger partial charge < -0.3 is 17.7 Å². The average Bonchev–Trinajstić information content (AvgIpc) is 2.02. The molecule has 0 fully saturated rings. The maximum Gasteiger partial charge on any atom is 1.00 e. The number of halogens is 3. The Morgan fingerprint density at radius 2 is 1.62 bits per heavy atom. The van der Waals surface area contributed by atoms with E-state index in [1.165, 1.54) is 12.1 Å². The minimum absolute atomic E-state index is 0. The van der Waals surface area contributed by atoms with Crippen LogP contribution in [0.2, 0.25) is 0 Å². The molecule has 0 bridgehead atoms. The summed E-state index contributed by atoms with van der Waals surface area (Å²) in [5.41, 5.74) is 0. The summed E-state index contributed by atoms with van der Waals surface area (Å²) in [5.74, 6) is 0.247. The van der Waals surface area contributed by atoms with Crippen LogP contribution in [0.25, 0.3) is 0 Å². The first-order valence-electron chi connectivity index (χ1n) is 3.47. The Morgan fingerprint density at radius 3 is 2.08 bits per heavy atom. The molecule has 0 heterocycles. The molecule has 13 heavy (non-hydrogen) atoms. The first-order valence-corrected chi connectivity index (χ1v) is 3.47. The minimum atomic E-state index is -4.85. The van der Waals surface area contributed by atoms with Gasteiger partial charge in [-0.15, -0.1) is 0 Å². The monoisotopic (exact) mass is 214 g/mol. The van der Waals surface area contributed by atoms with Crippen molar-refractivity contribution in [2.45, 2.75) is 0 Å². The molecule has 0 radical (unpaired) electrons. The molecule has 0 spiro atoms. The molecule has 0 unspecified atom stereocenters. The van der Waals surface area contributed by atoms with Gasteiger partial charge in [0.15, 0.2) is 0 Å². The van der Waals surface area contributed by atoms with Crippen LogP contribution in [-0.4, -0.2) is 13.5 Å². The predicted octanol–water partition coefficient (Wildman–Crippen LogP) is -0.544. The molecular weight excluding hydrogens is 207 g/mol. The number of para-hydroxylation sites is 1. The van der Waals surface area contributed by atoms with Crippen LogP contribution in [0.15, 0.2) is 30.3 Å². The van der Waals surface area contributed by atoms with Crippen molar-refractivity contribution in [3.05, 3.63) is 30.3 Å². The quantitative estimate of drug-likeness (QED) is 0.614. The van der Waals surface area contributed by atoms with Gasteiger partial charge in [-0.25, -0.2) is 0 Å². The number of hydrogen-bond donors (Lipinski definition) is 0. The summed E-state index contributed by atoms with van der Waals surface area (Å²) < 4.78 is 39.5. The summed E-state index contributed by atoms with van der Waals surface area (Å²) in [6.45, 7) is -6.03. The summed E-state index contributed by atoms with van der Waals surface area (Å²) >= 11 is 0. The van der Waals surface area contributed by atoms with Crippen LogP contribution in [-0.2, 0) is 0 Å². The fraction of sp³-hybridized carbons (Fsp3) is 0.143. The van der Waals surface area contributed by atoms with E-state index in [-0.39, 0.29) is 57.1 Å². The molecule has 1 nitrogen and oxygen atoms in total. The van der Waals surface area contributed by atoms with Gasteiger partial charge in [-0.2, -0.15) is 0 Å². The van der Waals surface area contributed by atoms with E-state index in [0.717, 1.165) is 0 Å². The molecule has 1 rings (SSSR count). The zero-order valence-electron chi connectivity index (χ0n) is 7.21. The molecule has 0 aromatic heterocycles.